The van der Waals surface area contributed by atoms with Crippen molar-refractivity contribution in [2.75, 3.05) is 26.3 Å². The molecule has 5 rings (SSSR count). The van der Waals surface area contributed by atoms with Gasteiger partial charge in [0.2, 0.25) is 5.91 Å². The zero-order valence-corrected chi connectivity index (χ0v) is 19.3. The van der Waals surface area contributed by atoms with Crippen molar-refractivity contribution in [1.82, 2.24) is 9.80 Å². The molecular weight excluding hydrogens is 400 g/mol. The third-order valence-electron chi connectivity index (χ3n) is 7.08. The number of fused-ring (bicyclic) bond motifs is 2. The maximum absolute atomic E-state index is 13.3. The van der Waals surface area contributed by atoms with Gasteiger partial charge in [-0.15, -0.1) is 0 Å². The molecule has 1 fully saturated rings. The predicted molar refractivity (Wildman–Crippen MR) is 124 cm³/mol. The van der Waals surface area contributed by atoms with Gasteiger partial charge in [0, 0.05) is 44.3 Å². The van der Waals surface area contributed by atoms with Crippen LogP contribution in [0, 0.1) is 5.92 Å². The van der Waals surface area contributed by atoms with Gasteiger partial charge in [0.25, 0.3) is 0 Å². The van der Waals surface area contributed by atoms with E-state index in [0.29, 0.717) is 26.3 Å². The summed E-state index contributed by atoms with van der Waals surface area (Å²) in [6, 6.07) is 15.3. The summed E-state index contributed by atoms with van der Waals surface area (Å²) < 4.78 is 11.8. The summed E-state index contributed by atoms with van der Waals surface area (Å²) in [5.74, 6) is 1.20. The predicted octanol–water partition coefficient (Wildman–Crippen LogP) is 4.17. The number of hydrogen-bond donors (Lipinski definition) is 0. The molecule has 0 radical (unpaired) electrons. The lowest BCUT2D eigenvalue weighted by Crippen LogP contribution is -2.43. The van der Waals surface area contributed by atoms with E-state index in [1.807, 2.05) is 4.90 Å². The highest BCUT2D eigenvalue weighted by molar-refractivity contribution is 5.79. The highest BCUT2D eigenvalue weighted by Crippen LogP contribution is 2.32. The zero-order valence-electron chi connectivity index (χ0n) is 19.3. The van der Waals surface area contributed by atoms with Gasteiger partial charge in [0.1, 0.15) is 12.4 Å². The average Bonchev–Trinajstić information content (AvgIpc) is 3.00. The molecule has 2 aromatic rings. The van der Waals surface area contributed by atoms with E-state index in [0.717, 1.165) is 50.2 Å². The van der Waals surface area contributed by atoms with E-state index in [-0.39, 0.29) is 17.4 Å². The van der Waals surface area contributed by atoms with Crippen molar-refractivity contribution < 1.29 is 14.3 Å². The summed E-state index contributed by atoms with van der Waals surface area (Å²) in [6.07, 6.45) is 2.70. The summed E-state index contributed by atoms with van der Waals surface area (Å²) in [6.45, 7) is 9.64. The minimum Gasteiger partial charge on any atom is -0.491 e. The molecule has 1 unspecified atom stereocenters. The first-order valence-electron chi connectivity index (χ1n) is 11.9. The molecule has 1 atom stereocenters. The molecule has 3 aliphatic rings. The largest absolute Gasteiger partial charge is 0.491 e. The maximum Gasteiger partial charge on any atom is 0.226 e. The summed E-state index contributed by atoms with van der Waals surface area (Å²) in [4.78, 5) is 17.8. The Kier molecular flexibility index (Phi) is 5.95. The highest BCUT2D eigenvalue weighted by atomic mass is 16.5. The van der Waals surface area contributed by atoms with Crippen molar-refractivity contribution in [2.24, 2.45) is 5.92 Å². The lowest BCUT2D eigenvalue weighted by Gasteiger charge is -2.36. The summed E-state index contributed by atoms with van der Waals surface area (Å²) >= 11 is 0. The molecular formula is C27H34N2O3. The van der Waals surface area contributed by atoms with Gasteiger partial charge in [-0.1, -0.05) is 30.3 Å². The Morgan fingerprint density at radius 2 is 1.88 bits per heavy atom. The Morgan fingerprint density at radius 3 is 2.72 bits per heavy atom. The zero-order chi connectivity index (χ0) is 22.1. The fourth-order valence-corrected chi connectivity index (χ4v) is 5.38. The quantitative estimate of drug-likeness (QED) is 0.727. The van der Waals surface area contributed by atoms with Crippen molar-refractivity contribution in [3.05, 3.63) is 64.7 Å². The lowest BCUT2D eigenvalue weighted by molar-refractivity contribution is -0.146. The number of nitrogens with zero attached hydrogens (tertiary/aromatic N) is 2. The number of carbonyl (C=O) groups is 1. The molecule has 3 aliphatic heterocycles. The van der Waals surface area contributed by atoms with Gasteiger partial charge in [-0.2, -0.15) is 0 Å². The first-order chi connectivity index (χ1) is 15.5. The van der Waals surface area contributed by atoms with Crippen LogP contribution in [0.4, 0.5) is 0 Å². The minimum atomic E-state index is -0.223. The van der Waals surface area contributed by atoms with Crippen LogP contribution in [0.1, 0.15) is 48.9 Å². The van der Waals surface area contributed by atoms with E-state index in [1.165, 1.54) is 16.7 Å². The molecule has 2 aromatic carbocycles. The average molecular weight is 435 g/mol. The Morgan fingerprint density at radius 1 is 1.03 bits per heavy atom. The second kappa shape index (κ2) is 8.87. The molecule has 5 heteroatoms. The standard InChI is InChI=1S/C27H34N2O3/c1-27(2)16-22(10-13-32-27)26(30)29-12-14-31-25-8-7-20(15-24(25)19-29)17-28-11-9-21-5-3-4-6-23(21)18-28/h3-8,15,22H,9-14,16-19H2,1-2H3. The van der Waals surface area contributed by atoms with Gasteiger partial charge < -0.3 is 14.4 Å². The third-order valence-corrected chi connectivity index (χ3v) is 7.08. The molecule has 1 amide bonds. The van der Waals surface area contributed by atoms with Crippen LogP contribution >= 0.6 is 0 Å². The van der Waals surface area contributed by atoms with Crippen molar-refractivity contribution >= 4 is 5.91 Å². The molecule has 0 bridgehead atoms. The molecule has 0 saturated carbocycles. The number of hydrogen-bond acceptors (Lipinski definition) is 4. The van der Waals surface area contributed by atoms with Crippen LogP contribution in [0.15, 0.2) is 42.5 Å². The number of amides is 1. The SMILES string of the molecule is CC1(C)CC(C(=O)N2CCOc3ccc(CN4CCc5ccccc5C4)cc3C2)CCO1. The molecule has 170 valence electrons. The number of ether oxygens (including phenoxy) is 2. The van der Waals surface area contributed by atoms with E-state index in [9.17, 15) is 4.79 Å². The lowest BCUT2D eigenvalue weighted by atomic mass is 9.87. The van der Waals surface area contributed by atoms with Crippen LogP contribution in [-0.4, -0.2) is 47.6 Å². The van der Waals surface area contributed by atoms with Gasteiger partial charge in [-0.25, -0.2) is 0 Å². The topological polar surface area (TPSA) is 42.0 Å². The normalized spacial score (nSPS) is 22.9. The van der Waals surface area contributed by atoms with Gasteiger partial charge in [-0.3, -0.25) is 9.69 Å². The minimum absolute atomic E-state index is 0.0388. The Balaban J connectivity index is 1.28. The van der Waals surface area contributed by atoms with Crippen LogP contribution in [0.3, 0.4) is 0 Å². The molecule has 0 aromatic heterocycles. The van der Waals surface area contributed by atoms with E-state index in [4.69, 9.17) is 9.47 Å². The van der Waals surface area contributed by atoms with Crippen LogP contribution in [0.25, 0.3) is 0 Å². The first kappa shape index (κ1) is 21.5. The molecule has 3 heterocycles. The second-order valence-electron chi connectivity index (χ2n) is 10.1. The highest BCUT2D eigenvalue weighted by Gasteiger charge is 2.35. The van der Waals surface area contributed by atoms with Gasteiger partial charge >= 0.3 is 0 Å². The molecule has 0 N–H and O–H groups in total. The molecule has 5 nitrogen and oxygen atoms in total. The molecule has 1 saturated heterocycles. The van der Waals surface area contributed by atoms with Gasteiger partial charge in [0.15, 0.2) is 0 Å². The van der Waals surface area contributed by atoms with Gasteiger partial charge in [-0.05, 0) is 61.9 Å². The van der Waals surface area contributed by atoms with Crippen LogP contribution in [-0.2, 0) is 35.6 Å². The van der Waals surface area contributed by atoms with Crippen LogP contribution < -0.4 is 4.74 Å². The number of benzene rings is 2. The fourth-order valence-electron chi connectivity index (χ4n) is 5.38. The molecule has 0 aliphatic carbocycles. The monoisotopic (exact) mass is 434 g/mol. The smallest absolute Gasteiger partial charge is 0.226 e. The summed E-state index contributed by atoms with van der Waals surface area (Å²) in [5, 5.41) is 0. The van der Waals surface area contributed by atoms with Crippen molar-refractivity contribution in [3.8, 4) is 5.75 Å². The summed E-state index contributed by atoms with van der Waals surface area (Å²) in [7, 11) is 0. The van der Waals surface area contributed by atoms with Crippen molar-refractivity contribution in [1.29, 1.82) is 0 Å². The van der Waals surface area contributed by atoms with E-state index in [2.05, 4.69) is 61.2 Å². The van der Waals surface area contributed by atoms with Crippen LogP contribution in [0.2, 0.25) is 0 Å². The van der Waals surface area contributed by atoms with E-state index >= 15 is 0 Å². The van der Waals surface area contributed by atoms with E-state index < -0.39 is 0 Å². The third kappa shape index (κ3) is 4.69. The maximum atomic E-state index is 13.3. The van der Waals surface area contributed by atoms with E-state index in [1.54, 1.807) is 0 Å². The fraction of sp³-hybridized carbons (Fsp3) is 0.519. The Labute approximate surface area is 191 Å². The van der Waals surface area contributed by atoms with Crippen molar-refractivity contribution in [3.63, 3.8) is 0 Å². The molecule has 0 spiro atoms. The number of rotatable bonds is 3. The Hall–Kier alpha value is -2.37. The van der Waals surface area contributed by atoms with Gasteiger partial charge in [0.05, 0.1) is 12.1 Å². The van der Waals surface area contributed by atoms with Crippen molar-refractivity contribution in [2.45, 2.75) is 58.3 Å². The first-order valence-corrected chi connectivity index (χ1v) is 11.9. The molecule has 32 heavy (non-hydrogen) atoms. The summed E-state index contributed by atoms with van der Waals surface area (Å²) in [5.41, 5.74) is 5.10. The van der Waals surface area contributed by atoms with Crippen LogP contribution in [0.5, 0.6) is 5.75 Å². The second-order valence-corrected chi connectivity index (χ2v) is 10.1. The Bertz CT molecular complexity index is 987. The number of carbonyl (C=O) groups excluding carboxylic acids is 1.